The number of hydrogen-bond donors (Lipinski definition) is 4. The van der Waals surface area contributed by atoms with E-state index in [1.165, 1.54) is 12.1 Å². The maximum absolute atomic E-state index is 10.6. The molecule has 0 heterocycles. The molecule has 0 aromatic heterocycles. The Balaban J connectivity index is 2.95. The Kier molecular flexibility index (Phi) is 3.83. The molecule has 0 amide bonds. The SMILES string of the molecule is NNc1cc(NCCO)cc([N+](=O)[O-])c1. The lowest BCUT2D eigenvalue weighted by Gasteiger charge is -2.06. The zero-order valence-corrected chi connectivity index (χ0v) is 7.93. The molecule has 0 bridgehead atoms. The zero-order valence-electron chi connectivity index (χ0n) is 7.93. The lowest BCUT2D eigenvalue weighted by Crippen LogP contribution is -2.09. The molecule has 0 fully saturated rings. The molecule has 0 aliphatic rings. The number of nitro benzene ring substituents is 1. The summed E-state index contributed by atoms with van der Waals surface area (Å²) in [5.74, 6) is 5.17. The number of nitro groups is 1. The van der Waals surface area contributed by atoms with Gasteiger partial charge in [-0.2, -0.15) is 0 Å². The van der Waals surface area contributed by atoms with Gasteiger partial charge < -0.3 is 15.8 Å². The number of benzene rings is 1. The molecule has 15 heavy (non-hydrogen) atoms. The van der Waals surface area contributed by atoms with E-state index in [1.54, 1.807) is 6.07 Å². The molecule has 0 radical (unpaired) electrons. The van der Waals surface area contributed by atoms with Crippen LogP contribution in [-0.2, 0) is 0 Å². The van der Waals surface area contributed by atoms with E-state index >= 15 is 0 Å². The zero-order chi connectivity index (χ0) is 11.3. The summed E-state index contributed by atoms with van der Waals surface area (Å²) < 4.78 is 0. The molecule has 1 aromatic carbocycles. The fourth-order valence-electron chi connectivity index (χ4n) is 1.10. The van der Waals surface area contributed by atoms with Crippen molar-refractivity contribution in [1.82, 2.24) is 0 Å². The minimum atomic E-state index is -0.509. The van der Waals surface area contributed by atoms with E-state index in [1.807, 2.05) is 0 Å². The van der Waals surface area contributed by atoms with Crippen LogP contribution in [0.5, 0.6) is 0 Å². The van der Waals surface area contributed by atoms with Crippen molar-refractivity contribution in [3.63, 3.8) is 0 Å². The summed E-state index contributed by atoms with van der Waals surface area (Å²) in [7, 11) is 0. The fraction of sp³-hybridized carbons (Fsp3) is 0.250. The van der Waals surface area contributed by atoms with Gasteiger partial charge in [0, 0.05) is 24.4 Å². The third kappa shape index (κ3) is 3.08. The monoisotopic (exact) mass is 212 g/mol. The summed E-state index contributed by atoms with van der Waals surface area (Å²) in [6.45, 7) is 0.277. The average Bonchev–Trinajstić information content (AvgIpc) is 2.25. The van der Waals surface area contributed by atoms with Gasteiger partial charge in [-0.15, -0.1) is 0 Å². The summed E-state index contributed by atoms with van der Waals surface area (Å²) in [5, 5.41) is 22.0. The number of nitrogen functional groups attached to an aromatic ring is 1. The first-order valence-electron chi connectivity index (χ1n) is 4.28. The second kappa shape index (κ2) is 5.13. The molecule has 82 valence electrons. The van der Waals surface area contributed by atoms with Crippen LogP contribution in [-0.4, -0.2) is 23.2 Å². The van der Waals surface area contributed by atoms with Crippen LogP contribution in [0.2, 0.25) is 0 Å². The second-order valence-electron chi connectivity index (χ2n) is 2.82. The van der Waals surface area contributed by atoms with Crippen molar-refractivity contribution >= 4 is 17.1 Å². The summed E-state index contributed by atoms with van der Waals surface area (Å²) in [4.78, 5) is 10.0. The van der Waals surface area contributed by atoms with Crippen LogP contribution in [0.3, 0.4) is 0 Å². The number of aliphatic hydroxyl groups is 1. The maximum atomic E-state index is 10.6. The molecule has 1 rings (SSSR count). The van der Waals surface area contributed by atoms with Crippen LogP contribution >= 0.6 is 0 Å². The molecular weight excluding hydrogens is 200 g/mol. The van der Waals surface area contributed by atoms with Gasteiger partial charge in [-0.1, -0.05) is 0 Å². The largest absolute Gasteiger partial charge is 0.395 e. The van der Waals surface area contributed by atoms with Crippen molar-refractivity contribution in [1.29, 1.82) is 0 Å². The van der Waals surface area contributed by atoms with Gasteiger partial charge in [-0.05, 0) is 6.07 Å². The smallest absolute Gasteiger partial charge is 0.273 e. The quantitative estimate of drug-likeness (QED) is 0.317. The van der Waals surface area contributed by atoms with Crippen molar-refractivity contribution in [2.45, 2.75) is 0 Å². The summed E-state index contributed by atoms with van der Waals surface area (Å²) in [5.41, 5.74) is 3.24. The Morgan fingerprint density at radius 2 is 2.07 bits per heavy atom. The van der Waals surface area contributed by atoms with Gasteiger partial charge in [0.05, 0.1) is 17.2 Å². The molecule has 0 atom stereocenters. The lowest BCUT2D eigenvalue weighted by molar-refractivity contribution is -0.384. The van der Waals surface area contributed by atoms with Gasteiger partial charge >= 0.3 is 0 Å². The first-order valence-corrected chi connectivity index (χ1v) is 4.28. The van der Waals surface area contributed by atoms with E-state index in [2.05, 4.69) is 10.7 Å². The van der Waals surface area contributed by atoms with E-state index in [4.69, 9.17) is 10.9 Å². The third-order valence-electron chi connectivity index (χ3n) is 1.74. The first kappa shape index (κ1) is 11.2. The van der Waals surface area contributed by atoms with Gasteiger partial charge in [-0.25, -0.2) is 0 Å². The number of aliphatic hydroxyl groups excluding tert-OH is 1. The summed E-state index contributed by atoms with van der Waals surface area (Å²) >= 11 is 0. The Labute approximate surface area is 86.0 Å². The highest BCUT2D eigenvalue weighted by atomic mass is 16.6. The topological polar surface area (TPSA) is 113 Å². The predicted octanol–water partition coefficient (Wildman–Crippen LogP) is 0.285. The molecule has 7 heteroatoms. The van der Waals surface area contributed by atoms with E-state index in [0.29, 0.717) is 17.9 Å². The molecule has 0 aliphatic carbocycles. The molecule has 7 nitrogen and oxygen atoms in total. The number of nitrogens with zero attached hydrogens (tertiary/aromatic N) is 1. The molecule has 5 N–H and O–H groups in total. The van der Waals surface area contributed by atoms with Crippen LogP contribution in [0.1, 0.15) is 0 Å². The molecule has 0 aliphatic heterocycles. The normalized spacial score (nSPS) is 9.73. The number of hydrogen-bond acceptors (Lipinski definition) is 6. The molecule has 0 saturated heterocycles. The molecule has 0 spiro atoms. The van der Waals surface area contributed by atoms with Crippen molar-refractivity contribution in [2.24, 2.45) is 5.84 Å². The third-order valence-corrected chi connectivity index (χ3v) is 1.74. The highest BCUT2D eigenvalue weighted by molar-refractivity contribution is 5.63. The van der Waals surface area contributed by atoms with Crippen molar-refractivity contribution in [3.05, 3.63) is 28.3 Å². The van der Waals surface area contributed by atoms with Gasteiger partial charge in [0.25, 0.3) is 5.69 Å². The van der Waals surface area contributed by atoms with Gasteiger partial charge in [0.2, 0.25) is 0 Å². The lowest BCUT2D eigenvalue weighted by atomic mass is 10.2. The number of nitrogens with one attached hydrogen (secondary N) is 2. The number of nitrogens with two attached hydrogens (primary N) is 1. The van der Waals surface area contributed by atoms with Gasteiger partial charge in [0.1, 0.15) is 0 Å². The summed E-state index contributed by atoms with van der Waals surface area (Å²) in [6, 6.07) is 4.31. The van der Waals surface area contributed by atoms with Gasteiger partial charge in [-0.3, -0.25) is 16.0 Å². The van der Waals surface area contributed by atoms with E-state index < -0.39 is 4.92 Å². The predicted molar refractivity (Wildman–Crippen MR) is 56.5 cm³/mol. The number of hydrazine groups is 1. The number of anilines is 2. The average molecular weight is 212 g/mol. The van der Waals surface area contributed by atoms with Crippen LogP contribution in [0.4, 0.5) is 17.1 Å². The van der Waals surface area contributed by atoms with Crippen LogP contribution < -0.4 is 16.6 Å². The van der Waals surface area contributed by atoms with Gasteiger partial charge in [0.15, 0.2) is 0 Å². The Bertz CT molecular complexity index is 356. The van der Waals surface area contributed by atoms with E-state index in [0.717, 1.165) is 0 Å². The summed E-state index contributed by atoms with van der Waals surface area (Å²) in [6.07, 6.45) is 0. The molecular formula is C8H12N4O3. The van der Waals surface area contributed by atoms with Crippen LogP contribution in [0.15, 0.2) is 18.2 Å². The molecule has 0 unspecified atom stereocenters. The van der Waals surface area contributed by atoms with E-state index in [9.17, 15) is 10.1 Å². The van der Waals surface area contributed by atoms with E-state index in [-0.39, 0.29) is 12.3 Å². The molecule has 1 aromatic rings. The highest BCUT2D eigenvalue weighted by Gasteiger charge is 2.08. The minimum absolute atomic E-state index is 0.0475. The maximum Gasteiger partial charge on any atom is 0.273 e. The molecule has 0 saturated carbocycles. The Hall–Kier alpha value is -1.86. The van der Waals surface area contributed by atoms with Crippen molar-refractivity contribution in [3.8, 4) is 0 Å². The Morgan fingerprint density at radius 1 is 1.40 bits per heavy atom. The van der Waals surface area contributed by atoms with Crippen LogP contribution in [0.25, 0.3) is 0 Å². The Morgan fingerprint density at radius 3 is 2.60 bits per heavy atom. The minimum Gasteiger partial charge on any atom is -0.395 e. The number of non-ortho nitro benzene ring substituents is 1. The second-order valence-corrected chi connectivity index (χ2v) is 2.82. The fourth-order valence-corrected chi connectivity index (χ4v) is 1.10. The first-order chi connectivity index (χ1) is 7.17. The number of rotatable bonds is 5. The van der Waals surface area contributed by atoms with Crippen molar-refractivity contribution < 1.29 is 10.0 Å². The standard InChI is InChI=1S/C8H12N4O3/c9-11-7-3-6(10-1-2-13)4-8(5-7)12(14)15/h3-5,10-11,13H,1-2,9H2. The highest BCUT2D eigenvalue weighted by Crippen LogP contribution is 2.23. The van der Waals surface area contributed by atoms with Crippen LogP contribution in [0, 0.1) is 10.1 Å². The van der Waals surface area contributed by atoms with Crippen molar-refractivity contribution in [2.75, 3.05) is 23.9 Å².